The van der Waals surface area contributed by atoms with Gasteiger partial charge in [-0.15, -0.1) is 0 Å². The Morgan fingerprint density at radius 2 is 1.79 bits per heavy atom. The Morgan fingerprint density at radius 3 is 2.53 bits per heavy atom. The van der Waals surface area contributed by atoms with Crippen LogP contribution in [0.3, 0.4) is 0 Å². The Kier molecular flexibility index (Phi) is 6.26. The van der Waals surface area contributed by atoms with E-state index in [1.165, 1.54) is 0 Å². The summed E-state index contributed by atoms with van der Waals surface area (Å²) in [6.07, 6.45) is 2.82. The number of nitrogens with zero attached hydrogens (tertiary/aromatic N) is 4. The molecule has 7 heteroatoms. The lowest BCUT2D eigenvalue weighted by Gasteiger charge is -2.31. The van der Waals surface area contributed by atoms with Crippen molar-refractivity contribution in [3.63, 3.8) is 0 Å². The summed E-state index contributed by atoms with van der Waals surface area (Å²) < 4.78 is 4.20. The third kappa shape index (κ3) is 4.27. The normalized spacial score (nSPS) is 14.5. The zero-order chi connectivity index (χ0) is 26.2. The van der Waals surface area contributed by atoms with E-state index in [0.29, 0.717) is 17.3 Å². The van der Waals surface area contributed by atoms with E-state index in [4.69, 9.17) is 16.7 Å². The fourth-order valence-corrected chi connectivity index (χ4v) is 5.39. The number of hydrogen-bond donors (Lipinski definition) is 1. The summed E-state index contributed by atoms with van der Waals surface area (Å²) in [5.41, 5.74) is 6.88. The molecule has 1 atom stereocenters. The average Bonchev–Trinajstić information content (AvgIpc) is 3.51. The first-order valence-electron chi connectivity index (χ1n) is 12.8. The summed E-state index contributed by atoms with van der Waals surface area (Å²) in [4.78, 5) is 16.0. The highest BCUT2D eigenvalue weighted by molar-refractivity contribution is 6.30. The maximum Gasteiger partial charge on any atom is 0.322 e. The zero-order valence-corrected chi connectivity index (χ0v) is 22.1. The van der Waals surface area contributed by atoms with Crippen molar-refractivity contribution in [1.29, 1.82) is 0 Å². The fourth-order valence-electron chi connectivity index (χ4n) is 5.27. The van der Waals surface area contributed by atoms with Gasteiger partial charge in [-0.3, -0.25) is 0 Å². The molecule has 6 nitrogen and oxygen atoms in total. The van der Waals surface area contributed by atoms with Gasteiger partial charge >= 0.3 is 6.03 Å². The van der Waals surface area contributed by atoms with Crippen LogP contribution in [0.1, 0.15) is 41.0 Å². The van der Waals surface area contributed by atoms with Crippen LogP contribution in [-0.4, -0.2) is 25.3 Å². The monoisotopic (exact) mass is 521 g/mol. The summed E-state index contributed by atoms with van der Waals surface area (Å²) in [6.45, 7) is 4.59. The van der Waals surface area contributed by atoms with Crippen LogP contribution in [0.2, 0.25) is 5.02 Å². The van der Waals surface area contributed by atoms with Gasteiger partial charge < -0.3 is 14.8 Å². The second kappa shape index (κ2) is 9.88. The molecule has 6 rings (SSSR count). The topological polar surface area (TPSA) is 55.1 Å². The fraction of sp³-hybridized carbons (Fsp3) is 0.161. The molecule has 2 aromatic heterocycles. The lowest BCUT2D eigenvalue weighted by Crippen LogP contribution is -2.38. The molecular weight excluding hydrogens is 494 g/mol. The zero-order valence-electron chi connectivity index (χ0n) is 21.3. The number of nitrogens with one attached hydrogen (secondary N) is 1. The van der Waals surface area contributed by atoms with Gasteiger partial charge in [-0.1, -0.05) is 66.6 Å². The van der Waals surface area contributed by atoms with Gasteiger partial charge in [0.25, 0.3) is 0 Å². The summed E-state index contributed by atoms with van der Waals surface area (Å²) in [5.74, 6) is 0.965. The molecule has 0 saturated heterocycles. The molecule has 0 radical (unpaired) electrons. The SMILES string of the molecule is CCc1nn(-c2ccccc2)c2c1CN(C(=O)Nc1ccc(Cl)cc1)[C@@H](c1cccc(C)c1)c1cccn1-2. The van der Waals surface area contributed by atoms with Crippen LogP contribution in [0.5, 0.6) is 0 Å². The number of carbonyl (C=O) groups excluding carboxylic acids is 1. The summed E-state index contributed by atoms with van der Waals surface area (Å²) >= 11 is 6.09. The standard InChI is InChI=1S/C31H28ClN5O/c1-3-27-26-20-36(31(38)33-24-16-14-23(32)15-17-24)29(22-10-7-9-21(2)19-22)28-13-8-18-35(28)30(26)37(34-27)25-11-5-4-6-12-25/h4-19,29H,3,20H2,1-2H3,(H,33,38)/t29-/m0/s1. The largest absolute Gasteiger partial charge is 0.322 e. The molecule has 0 aliphatic carbocycles. The number of para-hydroxylation sites is 1. The highest BCUT2D eigenvalue weighted by Gasteiger charge is 2.36. The van der Waals surface area contributed by atoms with Gasteiger partial charge in [0.15, 0.2) is 0 Å². The van der Waals surface area contributed by atoms with E-state index in [0.717, 1.165) is 46.0 Å². The number of amides is 2. The maximum absolute atomic E-state index is 14.0. The van der Waals surface area contributed by atoms with Crippen LogP contribution in [0, 0.1) is 6.92 Å². The molecule has 0 spiro atoms. The maximum atomic E-state index is 14.0. The molecule has 38 heavy (non-hydrogen) atoms. The van der Waals surface area contributed by atoms with E-state index in [1.54, 1.807) is 12.1 Å². The first-order chi connectivity index (χ1) is 18.5. The third-order valence-electron chi connectivity index (χ3n) is 7.02. The van der Waals surface area contributed by atoms with Crippen molar-refractivity contribution in [1.82, 2.24) is 19.2 Å². The number of halogens is 1. The minimum absolute atomic E-state index is 0.186. The highest BCUT2D eigenvalue weighted by Crippen LogP contribution is 2.39. The Labute approximate surface area is 227 Å². The van der Waals surface area contributed by atoms with E-state index in [9.17, 15) is 4.79 Å². The number of carbonyl (C=O) groups is 1. The van der Waals surface area contributed by atoms with Crippen LogP contribution in [0.15, 0.2) is 97.2 Å². The van der Waals surface area contributed by atoms with Crippen LogP contribution in [0.4, 0.5) is 10.5 Å². The molecular formula is C31H28ClN5O. The summed E-state index contributed by atoms with van der Waals surface area (Å²) in [6, 6.07) is 29.4. The molecule has 1 aliphatic heterocycles. The van der Waals surface area contributed by atoms with E-state index < -0.39 is 0 Å². The van der Waals surface area contributed by atoms with Crippen molar-refractivity contribution >= 4 is 23.3 Å². The third-order valence-corrected chi connectivity index (χ3v) is 7.27. The number of rotatable bonds is 4. The van der Waals surface area contributed by atoms with Gasteiger partial charge in [0.2, 0.25) is 0 Å². The highest BCUT2D eigenvalue weighted by atomic mass is 35.5. The van der Waals surface area contributed by atoms with Crippen molar-refractivity contribution < 1.29 is 4.79 Å². The van der Waals surface area contributed by atoms with E-state index in [1.807, 2.05) is 46.0 Å². The molecule has 0 unspecified atom stereocenters. The predicted molar refractivity (Wildman–Crippen MR) is 151 cm³/mol. The van der Waals surface area contributed by atoms with Crippen LogP contribution >= 0.6 is 11.6 Å². The van der Waals surface area contributed by atoms with Gasteiger partial charge in [0.1, 0.15) is 5.82 Å². The van der Waals surface area contributed by atoms with Gasteiger partial charge in [0.05, 0.1) is 29.7 Å². The Morgan fingerprint density at radius 1 is 1.00 bits per heavy atom. The minimum atomic E-state index is -0.307. The molecule has 3 aromatic carbocycles. The van der Waals surface area contributed by atoms with Gasteiger partial charge in [-0.05, 0) is 67.4 Å². The van der Waals surface area contributed by atoms with Crippen molar-refractivity contribution in [2.75, 3.05) is 5.32 Å². The van der Waals surface area contributed by atoms with Gasteiger partial charge in [0, 0.05) is 22.5 Å². The van der Waals surface area contributed by atoms with Gasteiger partial charge in [-0.25, -0.2) is 9.48 Å². The molecule has 1 N–H and O–H groups in total. The Hall–Kier alpha value is -4.29. The second-order valence-corrected chi connectivity index (χ2v) is 9.97. The number of benzene rings is 3. The van der Waals surface area contributed by atoms with Crippen LogP contribution in [0.25, 0.3) is 11.5 Å². The number of aromatic nitrogens is 3. The van der Waals surface area contributed by atoms with Crippen LogP contribution in [-0.2, 0) is 13.0 Å². The van der Waals surface area contributed by atoms with E-state index in [-0.39, 0.29) is 12.1 Å². The summed E-state index contributed by atoms with van der Waals surface area (Å²) in [7, 11) is 0. The molecule has 2 amide bonds. The number of anilines is 1. The summed E-state index contributed by atoms with van der Waals surface area (Å²) in [5, 5.41) is 8.75. The van der Waals surface area contributed by atoms with E-state index in [2.05, 4.69) is 72.4 Å². The number of aryl methyl sites for hydroxylation is 2. The molecule has 0 fully saturated rings. The molecule has 190 valence electrons. The number of hydrogen-bond acceptors (Lipinski definition) is 2. The van der Waals surface area contributed by atoms with E-state index >= 15 is 0 Å². The van der Waals surface area contributed by atoms with Crippen molar-refractivity contribution in [2.24, 2.45) is 0 Å². The molecule has 1 aliphatic rings. The number of urea groups is 1. The van der Waals surface area contributed by atoms with Crippen molar-refractivity contribution in [2.45, 2.75) is 32.9 Å². The lowest BCUT2D eigenvalue weighted by molar-refractivity contribution is 0.194. The first-order valence-corrected chi connectivity index (χ1v) is 13.1. The van der Waals surface area contributed by atoms with Gasteiger partial charge in [-0.2, -0.15) is 5.10 Å². The Bertz CT molecular complexity index is 1600. The molecule has 0 saturated carbocycles. The predicted octanol–water partition coefficient (Wildman–Crippen LogP) is 7.32. The number of fused-ring (bicyclic) bond motifs is 3. The minimum Gasteiger partial charge on any atom is -0.308 e. The van der Waals surface area contributed by atoms with Crippen LogP contribution < -0.4 is 5.32 Å². The molecule has 3 heterocycles. The Balaban J connectivity index is 1.55. The molecule has 0 bridgehead atoms. The quantitative estimate of drug-likeness (QED) is 0.269. The first kappa shape index (κ1) is 24.1. The lowest BCUT2D eigenvalue weighted by atomic mass is 10.00. The smallest absolute Gasteiger partial charge is 0.308 e. The van der Waals surface area contributed by atoms with Crippen molar-refractivity contribution in [3.05, 3.63) is 130 Å². The van der Waals surface area contributed by atoms with Crippen molar-refractivity contribution in [3.8, 4) is 11.5 Å². The second-order valence-electron chi connectivity index (χ2n) is 9.53. The average molecular weight is 522 g/mol. The molecule has 5 aromatic rings.